The van der Waals surface area contributed by atoms with E-state index in [1.165, 1.54) is 6.07 Å². The third kappa shape index (κ3) is 2.64. The summed E-state index contributed by atoms with van der Waals surface area (Å²) in [4.78, 5) is 11.6. The van der Waals surface area contributed by atoms with Crippen LogP contribution in [0.4, 0.5) is 4.39 Å². The van der Waals surface area contributed by atoms with Crippen LogP contribution < -0.4 is 0 Å². The van der Waals surface area contributed by atoms with E-state index >= 15 is 0 Å². The summed E-state index contributed by atoms with van der Waals surface area (Å²) in [6, 6.07) is 4.67. The van der Waals surface area contributed by atoms with Gasteiger partial charge < -0.3 is 0 Å². The fourth-order valence-electron chi connectivity index (χ4n) is 1.20. The second kappa shape index (κ2) is 5.61. The monoisotopic (exact) mass is 322 g/mol. The molecule has 1 rings (SSSR count). The maximum Gasteiger partial charge on any atom is 0.166 e. The Balaban J connectivity index is 3.10. The molecule has 76 valence electrons. The zero-order valence-electron chi connectivity index (χ0n) is 7.40. The highest BCUT2D eigenvalue weighted by molar-refractivity contribution is 9.09. The summed E-state index contributed by atoms with van der Waals surface area (Å²) in [5.41, 5.74) is 0.916. The standard InChI is InChI=1S/C10H9Br2FO/c11-5-4-9(14)10-7(6-12)2-1-3-8(10)13/h1-3H,4-6H2. The normalized spacial score (nSPS) is 10.2. The molecule has 0 bridgehead atoms. The van der Waals surface area contributed by atoms with Crippen molar-refractivity contribution in [3.63, 3.8) is 0 Å². The van der Waals surface area contributed by atoms with Crippen LogP contribution in [0.25, 0.3) is 0 Å². The van der Waals surface area contributed by atoms with Gasteiger partial charge in [-0.2, -0.15) is 0 Å². The lowest BCUT2D eigenvalue weighted by Crippen LogP contribution is -2.06. The molecule has 0 aromatic heterocycles. The Bertz CT molecular complexity index is 339. The van der Waals surface area contributed by atoms with Crippen LogP contribution in [0, 0.1) is 5.82 Å². The highest BCUT2D eigenvalue weighted by Gasteiger charge is 2.14. The third-order valence-electron chi connectivity index (χ3n) is 1.84. The molecule has 0 aliphatic carbocycles. The first kappa shape index (κ1) is 11.9. The first-order chi connectivity index (χ1) is 6.70. The topological polar surface area (TPSA) is 17.1 Å². The van der Waals surface area contributed by atoms with Gasteiger partial charge in [0, 0.05) is 17.1 Å². The van der Waals surface area contributed by atoms with Gasteiger partial charge in [-0.1, -0.05) is 44.0 Å². The molecule has 0 atom stereocenters. The number of alkyl halides is 2. The van der Waals surface area contributed by atoms with Gasteiger partial charge in [-0.25, -0.2) is 4.39 Å². The maximum atomic E-state index is 13.4. The first-order valence-corrected chi connectivity index (χ1v) is 6.37. The van der Waals surface area contributed by atoms with E-state index in [1.807, 2.05) is 0 Å². The van der Waals surface area contributed by atoms with E-state index in [0.717, 1.165) is 0 Å². The molecule has 1 aromatic rings. The lowest BCUT2D eigenvalue weighted by atomic mass is 10.0. The van der Waals surface area contributed by atoms with E-state index in [2.05, 4.69) is 31.9 Å². The largest absolute Gasteiger partial charge is 0.294 e. The van der Waals surface area contributed by atoms with Crippen molar-refractivity contribution in [3.8, 4) is 0 Å². The number of rotatable bonds is 4. The average Bonchev–Trinajstić information content (AvgIpc) is 2.17. The van der Waals surface area contributed by atoms with Gasteiger partial charge in [0.05, 0.1) is 5.56 Å². The molecule has 0 heterocycles. The molecule has 1 aromatic carbocycles. The number of hydrogen-bond donors (Lipinski definition) is 0. The third-order valence-corrected chi connectivity index (χ3v) is 2.84. The number of benzene rings is 1. The Morgan fingerprint density at radius 1 is 1.36 bits per heavy atom. The molecular weight excluding hydrogens is 315 g/mol. The number of Topliss-reactive ketones (excluding diaryl/α,β-unsaturated/α-hetero) is 1. The molecule has 0 aliphatic heterocycles. The number of carbonyl (C=O) groups excluding carboxylic acids is 1. The van der Waals surface area contributed by atoms with E-state index in [-0.39, 0.29) is 11.3 Å². The Kier molecular flexibility index (Phi) is 4.75. The van der Waals surface area contributed by atoms with Crippen molar-refractivity contribution in [3.05, 3.63) is 35.1 Å². The molecule has 0 fully saturated rings. The minimum absolute atomic E-state index is 0.158. The predicted octanol–water partition coefficient (Wildman–Crippen LogP) is 3.69. The minimum atomic E-state index is -0.437. The smallest absolute Gasteiger partial charge is 0.166 e. The highest BCUT2D eigenvalue weighted by Crippen LogP contribution is 2.18. The molecule has 0 N–H and O–H groups in total. The number of carbonyl (C=O) groups is 1. The molecule has 0 spiro atoms. The van der Waals surface area contributed by atoms with Crippen molar-refractivity contribution in [1.29, 1.82) is 0 Å². The van der Waals surface area contributed by atoms with E-state index in [9.17, 15) is 9.18 Å². The van der Waals surface area contributed by atoms with Crippen LogP contribution in [-0.4, -0.2) is 11.1 Å². The van der Waals surface area contributed by atoms with Crippen LogP contribution in [0.2, 0.25) is 0 Å². The number of ketones is 1. The van der Waals surface area contributed by atoms with Crippen molar-refractivity contribution in [2.45, 2.75) is 11.8 Å². The molecule has 4 heteroatoms. The average molecular weight is 324 g/mol. The Morgan fingerprint density at radius 2 is 2.07 bits per heavy atom. The lowest BCUT2D eigenvalue weighted by molar-refractivity contribution is 0.0985. The lowest BCUT2D eigenvalue weighted by Gasteiger charge is -2.06. The molecule has 0 aliphatic rings. The van der Waals surface area contributed by atoms with Gasteiger partial charge >= 0.3 is 0 Å². The molecule has 0 saturated heterocycles. The molecule has 0 saturated carbocycles. The summed E-state index contributed by atoms with van der Waals surface area (Å²) in [5, 5.41) is 1.05. The van der Waals surface area contributed by atoms with E-state index in [0.29, 0.717) is 22.6 Å². The molecule has 0 unspecified atom stereocenters. The summed E-state index contributed by atoms with van der Waals surface area (Å²) < 4.78 is 13.4. The zero-order valence-corrected chi connectivity index (χ0v) is 10.6. The molecule has 0 amide bonds. The van der Waals surface area contributed by atoms with Crippen LogP contribution in [0.3, 0.4) is 0 Å². The summed E-state index contributed by atoms with van der Waals surface area (Å²) >= 11 is 6.39. The zero-order chi connectivity index (χ0) is 10.6. The predicted molar refractivity (Wildman–Crippen MR) is 61.8 cm³/mol. The van der Waals surface area contributed by atoms with E-state index in [1.54, 1.807) is 12.1 Å². The first-order valence-electron chi connectivity index (χ1n) is 4.13. The second-order valence-electron chi connectivity index (χ2n) is 2.77. The van der Waals surface area contributed by atoms with Crippen molar-refractivity contribution in [2.75, 3.05) is 5.33 Å². The Morgan fingerprint density at radius 3 is 2.64 bits per heavy atom. The van der Waals surface area contributed by atoms with Gasteiger partial charge in [0.1, 0.15) is 5.82 Å². The summed E-state index contributed by atoms with van der Waals surface area (Å²) in [7, 11) is 0. The van der Waals surface area contributed by atoms with Gasteiger partial charge in [-0.05, 0) is 11.6 Å². The Hall–Kier alpha value is -0.220. The van der Waals surface area contributed by atoms with Gasteiger partial charge in [0.25, 0.3) is 0 Å². The summed E-state index contributed by atoms with van der Waals surface area (Å²) in [5.74, 6) is -0.595. The molecule has 1 nitrogen and oxygen atoms in total. The van der Waals surface area contributed by atoms with Crippen molar-refractivity contribution in [2.24, 2.45) is 0 Å². The highest BCUT2D eigenvalue weighted by atomic mass is 79.9. The van der Waals surface area contributed by atoms with Gasteiger partial charge in [0.2, 0.25) is 0 Å². The minimum Gasteiger partial charge on any atom is -0.294 e. The molecular formula is C10H9Br2FO. The SMILES string of the molecule is O=C(CCBr)c1c(F)cccc1CBr. The molecule has 14 heavy (non-hydrogen) atoms. The van der Waals surface area contributed by atoms with Crippen molar-refractivity contribution < 1.29 is 9.18 Å². The van der Waals surface area contributed by atoms with Crippen LogP contribution >= 0.6 is 31.9 Å². The van der Waals surface area contributed by atoms with E-state index < -0.39 is 5.82 Å². The van der Waals surface area contributed by atoms with Crippen LogP contribution in [0.5, 0.6) is 0 Å². The van der Waals surface area contributed by atoms with Gasteiger partial charge in [-0.3, -0.25) is 4.79 Å². The van der Waals surface area contributed by atoms with Crippen LogP contribution in [0.1, 0.15) is 22.3 Å². The fourth-order valence-corrected chi connectivity index (χ4v) is 2.03. The second-order valence-corrected chi connectivity index (χ2v) is 4.12. The van der Waals surface area contributed by atoms with Crippen LogP contribution in [0.15, 0.2) is 18.2 Å². The van der Waals surface area contributed by atoms with Crippen molar-refractivity contribution in [1.82, 2.24) is 0 Å². The number of hydrogen-bond acceptors (Lipinski definition) is 1. The summed E-state index contributed by atoms with van der Waals surface area (Å²) in [6.45, 7) is 0. The summed E-state index contributed by atoms with van der Waals surface area (Å²) in [6.07, 6.45) is 0.320. The Labute approximate surface area is 99.0 Å². The fraction of sp³-hybridized carbons (Fsp3) is 0.300. The van der Waals surface area contributed by atoms with Crippen molar-refractivity contribution >= 4 is 37.6 Å². The quantitative estimate of drug-likeness (QED) is 0.610. The van der Waals surface area contributed by atoms with Gasteiger partial charge in [0.15, 0.2) is 5.78 Å². The number of halogens is 3. The van der Waals surface area contributed by atoms with Gasteiger partial charge in [-0.15, -0.1) is 0 Å². The maximum absolute atomic E-state index is 13.4. The molecule has 0 radical (unpaired) electrons. The van der Waals surface area contributed by atoms with Crippen LogP contribution in [-0.2, 0) is 5.33 Å². The van der Waals surface area contributed by atoms with E-state index in [4.69, 9.17) is 0 Å².